The van der Waals surface area contributed by atoms with Crippen molar-refractivity contribution in [3.8, 4) is 24.3 Å². The zero-order valence-corrected chi connectivity index (χ0v) is 19.7. The number of nitrogens with one attached hydrogen (secondary N) is 1. The molecule has 4 rings (SSSR count). The standard InChI is InChI=1S/C26H34N2O3.C2H2/c1-2-3-6-20-7-9-21(10-8-20)26(27)31-23(13-16-28-14-4-5-15-28)22-11-12-24-25(19-22)30-18-17-29-24;1-2/h7-12,19,23,27H,2-6,13-18H2,1H3;1-2H/t23-;/m0./s1. The van der Waals surface area contributed by atoms with Crippen LogP contribution in [-0.2, 0) is 11.2 Å². The second-order valence-electron chi connectivity index (χ2n) is 8.48. The Morgan fingerprint density at radius 3 is 2.42 bits per heavy atom. The predicted octanol–water partition coefficient (Wildman–Crippen LogP) is 5.62. The van der Waals surface area contributed by atoms with Gasteiger partial charge in [-0.05, 0) is 74.2 Å². The maximum atomic E-state index is 8.60. The van der Waals surface area contributed by atoms with Crippen LogP contribution in [0.25, 0.3) is 0 Å². The third kappa shape index (κ3) is 7.00. The quantitative estimate of drug-likeness (QED) is 0.307. The van der Waals surface area contributed by atoms with Crippen molar-refractivity contribution < 1.29 is 14.2 Å². The molecule has 1 atom stereocenters. The third-order valence-corrected chi connectivity index (χ3v) is 6.14. The minimum Gasteiger partial charge on any atom is -0.486 e. The Balaban J connectivity index is 0.00000149. The van der Waals surface area contributed by atoms with Crippen LogP contribution in [0.1, 0.15) is 61.8 Å². The zero-order valence-electron chi connectivity index (χ0n) is 19.7. The first kappa shape index (κ1) is 24.7. The molecule has 5 nitrogen and oxygen atoms in total. The van der Waals surface area contributed by atoms with E-state index in [0.717, 1.165) is 55.1 Å². The molecule has 0 bridgehead atoms. The minimum absolute atomic E-state index is 0.191. The Kier molecular flexibility index (Phi) is 9.65. The van der Waals surface area contributed by atoms with E-state index in [4.69, 9.17) is 19.6 Å². The summed E-state index contributed by atoms with van der Waals surface area (Å²) in [6, 6.07) is 14.3. The summed E-state index contributed by atoms with van der Waals surface area (Å²) < 4.78 is 17.7. The summed E-state index contributed by atoms with van der Waals surface area (Å²) in [7, 11) is 0. The number of nitrogens with zero attached hydrogens (tertiary/aromatic N) is 1. The van der Waals surface area contributed by atoms with Crippen LogP contribution in [-0.4, -0.2) is 43.6 Å². The fourth-order valence-corrected chi connectivity index (χ4v) is 4.27. The minimum atomic E-state index is -0.191. The molecule has 1 N–H and O–H groups in total. The molecule has 2 aliphatic rings. The first-order valence-corrected chi connectivity index (χ1v) is 12.0. The van der Waals surface area contributed by atoms with Gasteiger partial charge in [-0.2, -0.15) is 0 Å². The van der Waals surface area contributed by atoms with E-state index in [0.29, 0.717) is 13.2 Å². The van der Waals surface area contributed by atoms with Gasteiger partial charge in [0.1, 0.15) is 19.3 Å². The maximum Gasteiger partial charge on any atom is 0.213 e. The normalized spacial score (nSPS) is 15.8. The zero-order chi connectivity index (χ0) is 23.5. The van der Waals surface area contributed by atoms with Gasteiger partial charge in [-0.25, -0.2) is 0 Å². The molecule has 0 spiro atoms. The van der Waals surface area contributed by atoms with Gasteiger partial charge in [0, 0.05) is 18.5 Å². The monoisotopic (exact) mass is 448 g/mol. The Morgan fingerprint density at radius 1 is 1.03 bits per heavy atom. The molecule has 2 aromatic carbocycles. The predicted molar refractivity (Wildman–Crippen MR) is 133 cm³/mol. The molecule has 176 valence electrons. The van der Waals surface area contributed by atoms with E-state index in [2.05, 4.69) is 36.8 Å². The summed E-state index contributed by atoms with van der Waals surface area (Å²) in [4.78, 5) is 2.49. The maximum absolute atomic E-state index is 8.60. The highest BCUT2D eigenvalue weighted by atomic mass is 16.6. The molecule has 0 unspecified atom stereocenters. The van der Waals surface area contributed by atoms with Gasteiger partial charge in [0.2, 0.25) is 5.90 Å². The van der Waals surface area contributed by atoms with Crippen LogP contribution in [0.15, 0.2) is 42.5 Å². The lowest BCUT2D eigenvalue weighted by Crippen LogP contribution is -2.24. The number of aryl methyl sites for hydroxylation is 1. The molecule has 2 heterocycles. The second kappa shape index (κ2) is 12.9. The summed E-state index contributed by atoms with van der Waals surface area (Å²) in [6.07, 6.45) is 14.7. The van der Waals surface area contributed by atoms with Crippen LogP contribution in [0, 0.1) is 18.3 Å². The van der Waals surface area contributed by atoms with Crippen LogP contribution in [0.5, 0.6) is 11.5 Å². The lowest BCUT2D eigenvalue weighted by atomic mass is 10.0. The van der Waals surface area contributed by atoms with Crippen LogP contribution in [0.3, 0.4) is 0 Å². The smallest absolute Gasteiger partial charge is 0.213 e. The number of fused-ring (bicyclic) bond motifs is 1. The van der Waals surface area contributed by atoms with E-state index in [1.54, 1.807) is 0 Å². The van der Waals surface area contributed by atoms with Gasteiger partial charge in [0.15, 0.2) is 11.5 Å². The number of hydrogen-bond donors (Lipinski definition) is 1. The SMILES string of the molecule is C#C.CCCCc1ccc(C(=N)O[C@@H](CCN2CCCC2)c2ccc3c(c2)OCCO3)cc1. The summed E-state index contributed by atoms with van der Waals surface area (Å²) in [5.41, 5.74) is 3.17. The molecular formula is C28H36N2O3. The van der Waals surface area contributed by atoms with Gasteiger partial charge >= 0.3 is 0 Å². The van der Waals surface area contributed by atoms with Gasteiger partial charge in [-0.1, -0.05) is 31.5 Å². The fraction of sp³-hybridized carbons (Fsp3) is 0.464. The first-order chi connectivity index (χ1) is 16.2. The van der Waals surface area contributed by atoms with E-state index < -0.39 is 0 Å². The number of terminal acetylenes is 1. The first-order valence-electron chi connectivity index (χ1n) is 12.0. The molecule has 5 heteroatoms. The Bertz CT molecular complexity index is 901. The van der Waals surface area contributed by atoms with Gasteiger partial charge in [-0.15, -0.1) is 12.8 Å². The third-order valence-electron chi connectivity index (χ3n) is 6.14. The van der Waals surface area contributed by atoms with Crippen LogP contribution in [0.4, 0.5) is 0 Å². The van der Waals surface area contributed by atoms with Crippen molar-refractivity contribution in [2.45, 2.75) is 51.6 Å². The summed E-state index contributed by atoms with van der Waals surface area (Å²) in [5, 5.41) is 8.60. The molecule has 0 aromatic heterocycles. The van der Waals surface area contributed by atoms with Crippen LogP contribution >= 0.6 is 0 Å². The Morgan fingerprint density at radius 2 is 1.73 bits per heavy atom. The van der Waals surface area contributed by atoms with E-state index in [9.17, 15) is 0 Å². The molecule has 0 saturated carbocycles. The number of rotatable bonds is 9. The fourth-order valence-electron chi connectivity index (χ4n) is 4.27. The number of unbranched alkanes of at least 4 members (excludes halogenated alkanes) is 1. The van der Waals surface area contributed by atoms with Crippen molar-refractivity contribution in [1.29, 1.82) is 5.41 Å². The van der Waals surface area contributed by atoms with E-state index >= 15 is 0 Å². The Hall–Kier alpha value is -2.97. The second-order valence-corrected chi connectivity index (χ2v) is 8.48. The topological polar surface area (TPSA) is 54.8 Å². The highest BCUT2D eigenvalue weighted by molar-refractivity contribution is 5.91. The van der Waals surface area contributed by atoms with Crippen molar-refractivity contribution in [3.63, 3.8) is 0 Å². The number of hydrogen-bond acceptors (Lipinski definition) is 5. The molecule has 0 radical (unpaired) electrons. The lowest BCUT2D eigenvalue weighted by Gasteiger charge is -2.25. The molecule has 33 heavy (non-hydrogen) atoms. The van der Waals surface area contributed by atoms with Gasteiger partial charge in [-0.3, -0.25) is 5.41 Å². The van der Waals surface area contributed by atoms with E-state index in [1.807, 2.05) is 30.3 Å². The highest BCUT2D eigenvalue weighted by Crippen LogP contribution is 2.35. The van der Waals surface area contributed by atoms with Crippen molar-refractivity contribution in [3.05, 3.63) is 59.2 Å². The number of likely N-dealkylation sites (tertiary alicyclic amines) is 1. The summed E-state index contributed by atoms with van der Waals surface area (Å²) >= 11 is 0. The lowest BCUT2D eigenvalue weighted by molar-refractivity contribution is 0.155. The van der Waals surface area contributed by atoms with Crippen molar-refractivity contribution >= 4 is 5.90 Å². The molecule has 0 amide bonds. The summed E-state index contributed by atoms with van der Waals surface area (Å²) in [5.74, 6) is 1.78. The molecule has 1 saturated heterocycles. The van der Waals surface area contributed by atoms with Crippen LogP contribution in [0.2, 0.25) is 0 Å². The molecule has 2 aliphatic heterocycles. The largest absolute Gasteiger partial charge is 0.486 e. The van der Waals surface area contributed by atoms with Crippen molar-refractivity contribution in [2.75, 3.05) is 32.8 Å². The number of ether oxygens (including phenoxy) is 3. The van der Waals surface area contributed by atoms with Gasteiger partial charge in [0.05, 0.1) is 0 Å². The van der Waals surface area contributed by atoms with Gasteiger partial charge in [0.25, 0.3) is 0 Å². The number of benzene rings is 2. The molecule has 0 aliphatic carbocycles. The average Bonchev–Trinajstić information content (AvgIpc) is 3.40. The van der Waals surface area contributed by atoms with E-state index in [-0.39, 0.29) is 12.0 Å². The molecule has 2 aromatic rings. The highest BCUT2D eigenvalue weighted by Gasteiger charge is 2.22. The molecule has 1 fully saturated rings. The average molecular weight is 449 g/mol. The van der Waals surface area contributed by atoms with Gasteiger partial charge < -0.3 is 19.1 Å². The van der Waals surface area contributed by atoms with E-state index in [1.165, 1.54) is 31.2 Å². The Labute approximate surface area is 198 Å². The summed E-state index contributed by atoms with van der Waals surface area (Å²) in [6.45, 7) is 6.64. The molecular weight excluding hydrogens is 412 g/mol. The van der Waals surface area contributed by atoms with Crippen molar-refractivity contribution in [1.82, 2.24) is 4.90 Å². The van der Waals surface area contributed by atoms with Crippen LogP contribution < -0.4 is 9.47 Å². The van der Waals surface area contributed by atoms with Crippen molar-refractivity contribution in [2.24, 2.45) is 0 Å².